The molecule has 0 saturated carbocycles. The van der Waals surface area contributed by atoms with Crippen LogP contribution in [0, 0.1) is 19.3 Å². The van der Waals surface area contributed by atoms with Crippen LogP contribution < -0.4 is 10.6 Å². The molecule has 1 aliphatic carbocycles. The van der Waals surface area contributed by atoms with Crippen molar-refractivity contribution in [2.45, 2.75) is 46.6 Å². The molecule has 5 heteroatoms. The molecule has 2 aromatic carbocycles. The number of aryl methyl sites for hydroxylation is 2. The topological polar surface area (TPSA) is 41.1 Å². The number of benzene rings is 2. The molecule has 0 bridgehead atoms. The summed E-state index contributed by atoms with van der Waals surface area (Å²) in [6.07, 6.45) is 1.33. The molecule has 1 atom stereocenters. The van der Waals surface area contributed by atoms with E-state index in [1.165, 1.54) is 11.1 Å². The normalized spacial score (nSPS) is 20.6. The van der Waals surface area contributed by atoms with Crippen molar-refractivity contribution >= 4 is 40.4 Å². The predicted octanol–water partition coefficient (Wildman–Crippen LogP) is 6.83. The molecule has 0 amide bonds. The van der Waals surface area contributed by atoms with Gasteiger partial charge in [-0.25, -0.2) is 0 Å². The van der Waals surface area contributed by atoms with E-state index < -0.39 is 0 Å². The number of rotatable bonds is 1. The Morgan fingerprint density at radius 2 is 1.68 bits per heavy atom. The molecule has 1 unspecified atom stereocenters. The average molecular weight is 415 g/mol. The monoisotopic (exact) mass is 414 g/mol. The lowest BCUT2D eigenvalue weighted by Crippen LogP contribution is -2.31. The zero-order valence-electron chi connectivity index (χ0n) is 16.5. The number of ketones is 1. The first-order valence-electron chi connectivity index (χ1n) is 9.51. The largest absolute Gasteiger partial charge is 0.372 e. The second-order valence-electron chi connectivity index (χ2n) is 8.68. The predicted molar refractivity (Wildman–Crippen MR) is 117 cm³/mol. The summed E-state index contributed by atoms with van der Waals surface area (Å²) in [6, 6.07) is 9.41. The van der Waals surface area contributed by atoms with Gasteiger partial charge in [0.05, 0.1) is 17.4 Å². The standard InChI is InChI=1S/C23H24Cl2N2O/c1-12-7-17-18(8-13(12)2)27-22(15-6-5-14(24)9-16(15)25)21-19(26-17)10-23(3,4)11-20(21)28/h5-9,22,26-27H,10-11H2,1-4H3. The number of hydrogen-bond donors (Lipinski definition) is 2. The van der Waals surface area contributed by atoms with Gasteiger partial charge >= 0.3 is 0 Å². The lowest BCUT2D eigenvalue weighted by Gasteiger charge is -2.34. The van der Waals surface area contributed by atoms with Gasteiger partial charge in [0.1, 0.15) is 0 Å². The van der Waals surface area contributed by atoms with Crippen LogP contribution in [-0.4, -0.2) is 5.78 Å². The number of carbonyl (C=O) groups is 1. The van der Waals surface area contributed by atoms with E-state index >= 15 is 0 Å². The lowest BCUT2D eigenvalue weighted by atomic mass is 9.73. The maximum Gasteiger partial charge on any atom is 0.163 e. The Morgan fingerprint density at radius 1 is 1.00 bits per heavy atom. The summed E-state index contributed by atoms with van der Waals surface area (Å²) in [5.74, 6) is 0.156. The summed E-state index contributed by atoms with van der Waals surface area (Å²) in [6.45, 7) is 8.47. The van der Waals surface area contributed by atoms with E-state index in [1.54, 1.807) is 6.07 Å². The second-order valence-corrected chi connectivity index (χ2v) is 9.53. The number of halogens is 2. The molecule has 0 saturated heterocycles. The van der Waals surface area contributed by atoms with E-state index in [0.29, 0.717) is 16.5 Å². The zero-order valence-corrected chi connectivity index (χ0v) is 18.1. The molecule has 1 aliphatic heterocycles. The number of carbonyl (C=O) groups excluding carboxylic acids is 1. The van der Waals surface area contributed by atoms with Gasteiger partial charge in [-0.3, -0.25) is 4.79 Å². The summed E-state index contributed by atoms with van der Waals surface area (Å²) in [4.78, 5) is 13.2. The minimum Gasteiger partial charge on any atom is -0.372 e. The van der Waals surface area contributed by atoms with Crippen molar-refractivity contribution in [1.82, 2.24) is 0 Å². The molecule has 3 nitrogen and oxygen atoms in total. The molecule has 1 heterocycles. The summed E-state index contributed by atoms with van der Waals surface area (Å²) in [5.41, 5.74) is 6.90. The summed E-state index contributed by atoms with van der Waals surface area (Å²) < 4.78 is 0. The third kappa shape index (κ3) is 3.42. The molecule has 2 aliphatic rings. The van der Waals surface area contributed by atoms with Crippen LogP contribution >= 0.6 is 23.2 Å². The van der Waals surface area contributed by atoms with Gasteiger partial charge in [0.25, 0.3) is 0 Å². The maximum atomic E-state index is 13.2. The lowest BCUT2D eigenvalue weighted by molar-refractivity contribution is -0.118. The van der Waals surface area contributed by atoms with Crippen molar-refractivity contribution in [3.05, 3.63) is 68.3 Å². The summed E-state index contributed by atoms with van der Waals surface area (Å²) in [5, 5.41) is 8.30. The fourth-order valence-electron chi connectivity index (χ4n) is 4.18. The van der Waals surface area contributed by atoms with Crippen molar-refractivity contribution in [2.24, 2.45) is 5.41 Å². The Morgan fingerprint density at radius 3 is 2.36 bits per heavy atom. The highest BCUT2D eigenvalue weighted by molar-refractivity contribution is 6.35. The maximum absolute atomic E-state index is 13.2. The first-order chi connectivity index (χ1) is 13.1. The van der Waals surface area contributed by atoms with Crippen molar-refractivity contribution < 1.29 is 4.79 Å². The van der Waals surface area contributed by atoms with E-state index in [-0.39, 0.29) is 17.2 Å². The number of nitrogens with one attached hydrogen (secondary N) is 2. The highest BCUT2D eigenvalue weighted by atomic mass is 35.5. The third-order valence-electron chi connectivity index (χ3n) is 5.70. The van der Waals surface area contributed by atoms with Gasteiger partial charge in [-0.1, -0.05) is 43.1 Å². The Labute approximate surface area is 176 Å². The Bertz CT molecular complexity index is 1020. The van der Waals surface area contributed by atoms with Crippen LogP contribution in [0.3, 0.4) is 0 Å². The van der Waals surface area contributed by atoms with Crippen LogP contribution in [0.4, 0.5) is 11.4 Å². The quantitative estimate of drug-likeness (QED) is 0.536. The molecule has 4 rings (SSSR count). The molecule has 0 fully saturated rings. The van der Waals surface area contributed by atoms with Crippen LogP contribution in [0.25, 0.3) is 0 Å². The zero-order chi connectivity index (χ0) is 20.2. The van der Waals surface area contributed by atoms with Crippen molar-refractivity contribution in [1.29, 1.82) is 0 Å². The summed E-state index contributed by atoms with van der Waals surface area (Å²) in [7, 11) is 0. The fraction of sp³-hybridized carbons (Fsp3) is 0.348. The molecule has 146 valence electrons. The number of allylic oxidation sites excluding steroid dienone is 1. The molecule has 2 N–H and O–H groups in total. The van der Waals surface area contributed by atoms with Gasteiger partial charge in [-0.2, -0.15) is 0 Å². The Kier molecular flexibility index (Phi) is 4.71. The van der Waals surface area contributed by atoms with Gasteiger partial charge in [0.15, 0.2) is 5.78 Å². The van der Waals surface area contributed by atoms with Gasteiger partial charge < -0.3 is 10.6 Å². The van der Waals surface area contributed by atoms with Crippen molar-refractivity contribution in [3.8, 4) is 0 Å². The number of anilines is 2. The van der Waals surface area contributed by atoms with Crippen LogP contribution in [0.1, 0.15) is 49.4 Å². The number of Topliss-reactive ketones (excluding diaryl/α,β-unsaturated/α-hetero) is 1. The molecular formula is C23H24Cl2N2O. The van der Waals surface area contributed by atoms with E-state index in [0.717, 1.165) is 34.6 Å². The highest BCUT2D eigenvalue weighted by Gasteiger charge is 2.39. The minimum atomic E-state index is -0.320. The smallest absolute Gasteiger partial charge is 0.163 e. The van der Waals surface area contributed by atoms with Crippen LogP contribution in [0.5, 0.6) is 0 Å². The third-order valence-corrected chi connectivity index (χ3v) is 6.26. The Hall–Kier alpha value is -1.97. The average Bonchev–Trinajstić information content (AvgIpc) is 2.71. The first kappa shape index (κ1) is 19.4. The molecule has 0 radical (unpaired) electrons. The van der Waals surface area contributed by atoms with E-state index in [1.807, 2.05) is 12.1 Å². The summed E-state index contributed by atoms with van der Waals surface area (Å²) >= 11 is 12.7. The second kappa shape index (κ2) is 6.82. The Balaban J connectivity index is 1.93. The fourth-order valence-corrected chi connectivity index (χ4v) is 4.70. The van der Waals surface area contributed by atoms with Crippen molar-refractivity contribution in [3.63, 3.8) is 0 Å². The number of fused-ring (bicyclic) bond motifs is 1. The molecule has 2 aromatic rings. The van der Waals surface area contributed by atoms with Crippen LogP contribution in [0.15, 0.2) is 41.6 Å². The highest BCUT2D eigenvalue weighted by Crippen LogP contribution is 2.47. The molecular weight excluding hydrogens is 391 g/mol. The van der Waals surface area contributed by atoms with Gasteiger partial charge in [-0.05, 0) is 66.6 Å². The van der Waals surface area contributed by atoms with Crippen molar-refractivity contribution in [2.75, 3.05) is 10.6 Å². The van der Waals surface area contributed by atoms with E-state index in [9.17, 15) is 4.79 Å². The SMILES string of the molecule is Cc1cc2c(cc1C)NC(c1ccc(Cl)cc1Cl)C1=C(CC(C)(C)CC1=O)N2. The van der Waals surface area contributed by atoms with Gasteiger partial charge in [-0.15, -0.1) is 0 Å². The molecule has 0 aromatic heterocycles. The van der Waals surface area contributed by atoms with Gasteiger partial charge in [0, 0.05) is 27.7 Å². The molecule has 0 spiro atoms. The minimum absolute atomic E-state index is 0.0818. The van der Waals surface area contributed by atoms with Crippen LogP contribution in [-0.2, 0) is 4.79 Å². The first-order valence-corrected chi connectivity index (χ1v) is 10.3. The number of hydrogen-bond acceptors (Lipinski definition) is 3. The van der Waals surface area contributed by atoms with Crippen LogP contribution in [0.2, 0.25) is 10.0 Å². The molecule has 28 heavy (non-hydrogen) atoms. The van der Waals surface area contributed by atoms with E-state index in [2.05, 4.69) is 50.5 Å². The van der Waals surface area contributed by atoms with E-state index in [4.69, 9.17) is 23.2 Å². The van der Waals surface area contributed by atoms with Gasteiger partial charge in [0.2, 0.25) is 0 Å².